The molecule has 2 N–H and O–H groups in total. The summed E-state index contributed by atoms with van der Waals surface area (Å²) in [5.41, 5.74) is 13.0. The third-order valence-corrected chi connectivity index (χ3v) is 4.62. The van der Waals surface area contributed by atoms with E-state index in [-0.39, 0.29) is 0 Å². The van der Waals surface area contributed by atoms with Gasteiger partial charge in [-0.25, -0.2) is 4.98 Å². The minimum absolute atomic E-state index is 0.629. The Bertz CT molecular complexity index is 820. The summed E-state index contributed by atoms with van der Waals surface area (Å²) in [6, 6.07) is 6.45. The zero-order valence-corrected chi connectivity index (χ0v) is 12.1. The molecular formula is C16H15N3S. The lowest BCUT2D eigenvalue weighted by Gasteiger charge is -2.11. The molecule has 2 aromatic heterocycles. The van der Waals surface area contributed by atoms with Crippen LogP contribution in [0.1, 0.15) is 23.2 Å². The van der Waals surface area contributed by atoms with Gasteiger partial charge in [0.25, 0.3) is 0 Å². The van der Waals surface area contributed by atoms with Crippen LogP contribution in [-0.4, -0.2) is 9.97 Å². The number of aromatic nitrogens is 2. The third kappa shape index (κ3) is 1.72. The second kappa shape index (κ2) is 4.28. The van der Waals surface area contributed by atoms with Crippen LogP contribution in [0.3, 0.4) is 0 Å². The quantitative estimate of drug-likeness (QED) is 0.739. The molecule has 0 amide bonds. The van der Waals surface area contributed by atoms with E-state index in [4.69, 9.17) is 10.7 Å². The van der Waals surface area contributed by atoms with Gasteiger partial charge in [0.15, 0.2) is 5.13 Å². The Morgan fingerprint density at radius 2 is 2.10 bits per heavy atom. The summed E-state index contributed by atoms with van der Waals surface area (Å²) in [6.45, 7) is 2.12. The van der Waals surface area contributed by atoms with Gasteiger partial charge in [0.2, 0.25) is 0 Å². The summed E-state index contributed by atoms with van der Waals surface area (Å²) < 4.78 is 0. The van der Waals surface area contributed by atoms with Crippen molar-refractivity contribution in [1.82, 2.24) is 9.97 Å². The highest BCUT2D eigenvalue weighted by Gasteiger charge is 2.21. The molecule has 3 nitrogen and oxygen atoms in total. The van der Waals surface area contributed by atoms with Crippen LogP contribution in [-0.2, 0) is 12.8 Å². The van der Waals surface area contributed by atoms with E-state index in [1.807, 2.05) is 0 Å². The zero-order chi connectivity index (χ0) is 13.7. The Balaban J connectivity index is 2.12. The van der Waals surface area contributed by atoms with E-state index in [0.717, 1.165) is 24.1 Å². The zero-order valence-electron chi connectivity index (χ0n) is 11.3. The van der Waals surface area contributed by atoms with Gasteiger partial charge in [0.05, 0.1) is 11.2 Å². The predicted molar refractivity (Wildman–Crippen MR) is 84.0 cm³/mol. The summed E-state index contributed by atoms with van der Waals surface area (Å²) in [7, 11) is 0. The summed E-state index contributed by atoms with van der Waals surface area (Å²) in [4.78, 5) is 9.34. The van der Waals surface area contributed by atoms with E-state index < -0.39 is 0 Å². The normalized spacial score (nSPS) is 13.8. The summed E-state index contributed by atoms with van der Waals surface area (Å²) >= 11 is 1.50. The smallest absolute Gasteiger partial charge is 0.180 e. The van der Waals surface area contributed by atoms with Crippen LogP contribution >= 0.6 is 11.3 Å². The van der Waals surface area contributed by atoms with Gasteiger partial charge in [-0.2, -0.15) is 0 Å². The van der Waals surface area contributed by atoms with Crippen molar-refractivity contribution in [2.45, 2.75) is 26.2 Å². The molecule has 0 saturated carbocycles. The number of hydrogen-bond donors (Lipinski definition) is 1. The number of pyridine rings is 1. The standard InChI is InChI=1S/C16H15N3S/c1-9-5-6-13-11(7-9)15(14-8-20-16(17)19-14)10-3-2-4-12(10)18-13/h5-8H,2-4H2,1H3,(H2,17,19). The first-order valence-electron chi connectivity index (χ1n) is 6.86. The van der Waals surface area contributed by atoms with Crippen LogP contribution in [0.4, 0.5) is 5.13 Å². The summed E-state index contributed by atoms with van der Waals surface area (Å²) in [5.74, 6) is 0. The van der Waals surface area contributed by atoms with Gasteiger partial charge in [0, 0.05) is 22.0 Å². The minimum Gasteiger partial charge on any atom is -0.375 e. The molecule has 0 atom stereocenters. The van der Waals surface area contributed by atoms with Crippen molar-refractivity contribution >= 4 is 27.4 Å². The van der Waals surface area contributed by atoms with Crippen molar-refractivity contribution in [3.8, 4) is 11.3 Å². The van der Waals surface area contributed by atoms with Gasteiger partial charge in [-0.15, -0.1) is 11.3 Å². The number of thiazole rings is 1. The molecule has 0 unspecified atom stereocenters. The van der Waals surface area contributed by atoms with E-state index in [1.165, 1.54) is 45.5 Å². The number of benzene rings is 1. The molecular weight excluding hydrogens is 266 g/mol. The molecule has 3 aromatic rings. The molecule has 1 aliphatic carbocycles. The number of hydrogen-bond acceptors (Lipinski definition) is 4. The van der Waals surface area contributed by atoms with Crippen molar-refractivity contribution in [2.24, 2.45) is 0 Å². The van der Waals surface area contributed by atoms with Crippen LogP contribution in [0.5, 0.6) is 0 Å². The Kier molecular flexibility index (Phi) is 2.54. The molecule has 0 saturated heterocycles. The SMILES string of the molecule is Cc1ccc2nc3c(c(-c4csc(N)n4)c2c1)CCC3. The Labute approximate surface area is 121 Å². The molecule has 0 radical (unpaired) electrons. The predicted octanol–water partition coefficient (Wildman–Crippen LogP) is 3.74. The van der Waals surface area contributed by atoms with Crippen molar-refractivity contribution in [3.63, 3.8) is 0 Å². The van der Waals surface area contributed by atoms with E-state index in [2.05, 4.69) is 35.5 Å². The van der Waals surface area contributed by atoms with Crippen LogP contribution in [0.2, 0.25) is 0 Å². The molecule has 4 heteroatoms. The largest absolute Gasteiger partial charge is 0.375 e. The Hall–Kier alpha value is -1.94. The number of fused-ring (bicyclic) bond motifs is 2. The van der Waals surface area contributed by atoms with Crippen LogP contribution < -0.4 is 5.73 Å². The fourth-order valence-electron chi connectivity index (χ4n) is 3.07. The Morgan fingerprint density at radius 1 is 1.20 bits per heavy atom. The molecule has 20 heavy (non-hydrogen) atoms. The maximum absolute atomic E-state index is 5.83. The van der Waals surface area contributed by atoms with Gasteiger partial charge >= 0.3 is 0 Å². The van der Waals surface area contributed by atoms with E-state index >= 15 is 0 Å². The number of nitrogens with zero attached hydrogens (tertiary/aromatic N) is 2. The van der Waals surface area contributed by atoms with E-state index in [9.17, 15) is 0 Å². The topological polar surface area (TPSA) is 51.8 Å². The number of rotatable bonds is 1. The molecule has 0 fully saturated rings. The van der Waals surface area contributed by atoms with Gasteiger partial charge < -0.3 is 5.73 Å². The van der Waals surface area contributed by atoms with Crippen molar-refractivity contribution in [2.75, 3.05) is 5.73 Å². The monoisotopic (exact) mass is 281 g/mol. The molecule has 1 aromatic carbocycles. The van der Waals surface area contributed by atoms with Gasteiger partial charge in [-0.3, -0.25) is 4.98 Å². The van der Waals surface area contributed by atoms with Crippen LogP contribution in [0.15, 0.2) is 23.6 Å². The second-order valence-electron chi connectivity index (χ2n) is 5.36. The van der Waals surface area contributed by atoms with Crippen molar-refractivity contribution in [3.05, 3.63) is 40.4 Å². The number of nitrogens with two attached hydrogens (primary N) is 1. The highest BCUT2D eigenvalue weighted by atomic mass is 32.1. The molecule has 0 aliphatic heterocycles. The highest BCUT2D eigenvalue weighted by Crippen LogP contribution is 2.38. The fourth-order valence-corrected chi connectivity index (χ4v) is 3.63. The lowest BCUT2D eigenvalue weighted by molar-refractivity contribution is 0.901. The lowest BCUT2D eigenvalue weighted by Crippen LogP contribution is -1.96. The maximum atomic E-state index is 5.83. The number of aryl methyl sites for hydroxylation is 2. The fraction of sp³-hybridized carbons (Fsp3) is 0.250. The van der Waals surface area contributed by atoms with Crippen molar-refractivity contribution in [1.29, 1.82) is 0 Å². The molecule has 2 heterocycles. The number of anilines is 1. The van der Waals surface area contributed by atoms with E-state index in [0.29, 0.717) is 5.13 Å². The average molecular weight is 281 g/mol. The molecule has 0 bridgehead atoms. The lowest BCUT2D eigenvalue weighted by atomic mass is 9.98. The molecule has 100 valence electrons. The highest BCUT2D eigenvalue weighted by molar-refractivity contribution is 7.13. The van der Waals surface area contributed by atoms with Gasteiger partial charge in [0.1, 0.15) is 0 Å². The first-order valence-corrected chi connectivity index (χ1v) is 7.74. The first kappa shape index (κ1) is 11.9. The van der Waals surface area contributed by atoms with Gasteiger partial charge in [-0.1, -0.05) is 11.6 Å². The minimum atomic E-state index is 0.629. The van der Waals surface area contributed by atoms with Crippen LogP contribution in [0, 0.1) is 6.92 Å². The maximum Gasteiger partial charge on any atom is 0.180 e. The average Bonchev–Trinajstić information content (AvgIpc) is 3.04. The second-order valence-corrected chi connectivity index (χ2v) is 6.25. The van der Waals surface area contributed by atoms with Crippen molar-refractivity contribution < 1.29 is 0 Å². The van der Waals surface area contributed by atoms with E-state index in [1.54, 1.807) is 0 Å². The molecule has 4 rings (SSSR count). The third-order valence-electron chi connectivity index (χ3n) is 3.95. The summed E-state index contributed by atoms with van der Waals surface area (Å²) in [6.07, 6.45) is 3.36. The molecule has 1 aliphatic rings. The van der Waals surface area contributed by atoms with Gasteiger partial charge in [-0.05, 0) is 43.9 Å². The Morgan fingerprint density at radius 3 is 2.90 bits per heavy atom. The molecule has 0 spiro atoms. The first-order chi connectivity index (χ1) is 9.72. The number of nitrogen functional groups attached to an aromatic ring is 1. The van der Waals surface area contributed by atoms with Crippen LogP contribution in [0.25, 0.3) is 22.2 Å². The summed E-state index contributed by atoms with van der Waals surface area (Å²) in [5, 5.41) is 3.89.